The van der Waals surface area contributed by atoms with Crippen LogP contribution in [0.1, 0.15) is 18.0 Å². The van der Waals surface area contributed by atoms with Crippen molar-refractivity contribution in [3.05, 3.63) is 53.3 Å². The fraction of sp³-hybridized carbons (Fsp3) is 0.312. The highest BCUT2D eigenvalue weighted by molar-refractivity contribution is 6.33. The van der Waals surface area contributed by atoms with Gasteiger partial charge in [-0.15, -0.1) is 0 Å². The van der Waals surface area contributed by atoms with E-state index in [1.165, 1.54) is 0 Å². The molecule has 1 aromatic carbocycles. The Kier molecular flexibility index (Phi) is 3.99. The molecular formula is C16H17ClN2O2. The molecule has 0 saturated carbocycles. The average molecular weight is 305 g/mol. The highest BCUT2D eigenvalue weighted by Gasteiger charge is 2.33. The molecule has 0 spiro atoms. The molecule has 1 aliphatic heterocycles. The van der Waals surface area contributed by atoms with Crippen molar-refractivity contribution in [2.75, 3.05) is 18.6 Å². The van der Waals surface area contributed by atoms with E-state index in [1.807, 2.05) is 30.3 Å². The van der Waals surface area contributed by atoms with Gasteiger partial charge in [-0.3, -0.25) is 4.98 Å². The minimum Gasteiger partial charge on any atom is -0.497 e. The van der Waals surface area contributed by atoms with E-state index in [0.29, 0.717) is 18.0 Å². The van der Waals surface area contributed by atoms with E-state index < -0.39 is 0 Å². The molecule has 2 unspecified atom stereocenters. The van der Waals surface area contributed by atoms with Gasteiger partial charge in [0.05, 0.1) is 30.0 Å². The Labute approximate surface area is 128 Å². The normalized spacial score (nSPS) is 21.6. The van der Waals surface area contributed by atoms with Gasteiger partial charge in [0, 0.05) is 18.9 Å². The summed E-state index contributed by atoms with van der Waals surface area (Å²) in [5.41, 5.74) is 2.01. The van der Waals surface area contributed by atoms with Gasteiger partial charge in [0.25, 0.3) is 0 Å². The summed E-state index contributed by atoms with van der Waals surface area (Å²) in [4.78, 5) is 6.15. The van der Waals surface area contributed by atoms with E-state index in [4.69, 9.17) is 16.3 Å². The molecule has 3 rings (SSSR count). The molecule has 2 atom stereocenters. The molecular weight excluding hydrogens is 288 g/mol. The van der Waals surface area contributed by atoms with Crippen LogP contribution in [0.15, 0.2) is 42.7 Å². The molecule has 1 saturated heterocycles. The van der Waals surface area contributed by atoms with Crippen LogP contribution in [0.3, 0.4) is 0 Å². The van der Waals surface area contributed by atoms with Crippen LogP contribution in [0.5, 0.6) is 5.75 Å². The van der Waals surface area contributed by atoms with Crippen LogP contribution in [-0.4, -0.2) is 29.8 Å². The van der Waals surface area contributed by atoms with Gasteiger partial charge in [-0.1, -0.05) is 23.7 Å². The maximum Gasteiger partial charge on any atom is 0.119 e. The Morgan fingerprint density at radius 3 is 3.00 bits per heavy atom. The van der Waals surface area contributed by atoms with Crippen molar-refractivity contribution in [1.82, 2.24) is 4.98 Å². The van der Waals surface area contributed by atoms with Gasteiger partial charge < -0.3 is 14.7 Å². The number of aliphatic hydroxyl groups is 1. The molecule has 1 N–H and O–H groups in total. The van der Waals surface area contributed by atoms with Gasteiger partial charge in [-0.25, -0.2) is 0 Å². The third-order valence-electron chi connectivity index (χ3n) is 3.82. The lowest BCUT2D eigenvalue weighted by molar-refractivity contribution is 0.194. The summed E-state index contributed by atoms with van der Waals surface area (Å²) in [5, 5.41) is 10.7. The van der Waals surface area contributed by atoms with Crippen molar-refractivity contribution in [3.63, 3.8) is 0 Å². The zero-order valence-corrected chi connectivity index (χ0v) is 12.5. The van der Waals surface area contributed by atoms with Crippen LogP contribution < -0.4 is 9.64 Å². The van der Waals surface area contributed by atoms with Crippen LogP contribution in [0, 0.1) is 0 Å². The van der Waals surface area contributed by atoms with Crippen LogP contribution in [0.2, 0.25) is 5.02 Å². The Hall–Kier alpha value is -1.78. The third kappa shape index (κ3) is 2.82. The van der Waals surface area contributed by atoms with Crippen molar-refractivity contribution >= 4 is 17.3 Å². The fourth-order valence-corrected chi connectivity index (χ4v) is 3.07. The first-order valence-corrected chi connectivity index (χ1v) is 7.25. The van der Waals surface area contributed by atoms with E-state index in [0.717, 1.165) is 17.0 Å². The van der Waals surface area contributed by atoms with Crippen LogP contribution in [0.25, 0.3) is 0 Å². The number of benzene rings is 1. The SMILES string of the molecule is COc1cccc(C2CC(O)CN2c2ccncc2Cl)c1. The van der Waals surface area contributed by atoms with Gasteiger partial charge in [-0.2, -0.15) is 0 Å². The first kappa shape index (κ1) is 14.2. The van der Waals surface area contributed by atoms with Crippen LogP contribution in [0.4, 0.5) is 5.69 Å². The topological polar surface area (TPSA) is 45.6 Å². The Bertz CT molecular complexity index is 635. The molecule has 5 heteroatoms. The molecule has 0 amide bonds. The zero-order chi connectivity index (χ0) is 14.8. The second kappa shape index (κ2) is 5.92. The molecule has 0 bridgehead atoms. The maximum absolute atomic E-state index is 10.1. The summed E-state index contributed by atoms with van der Waals surface area (Å²) in [6, 6.07) is 9.89. The zero-order valence-electron chi connectivity index (χ0n) is 11.7. The van der Waals surface area contributed by atoms with E-state index >= 15 is 0 Å². The number of nitrogens with zero attached hydrogens (tertiary/aromatic N) is 2. The summed E-state index contributed by atoms with van der Waals surface area (Å²) >= 11 is 6.25. The Morgan fingerprint density at radius 1 is 1.38 bits per heavy atom. The third-order valence-corrected chi connectivity index (χ3v) is 4.11. The minimum absolute atomic E-state index is 0.0787. The second-order valence-electron chi connectivity index (χ2n) is 5.16. The minimum atomic E-state index is -0.370. The number of hydrogen-bond acceptors (Lipinski definition) is 4. The lowest BCUT2D eigenvalue weighted by atomic mass is 10.0. The summed E-state index contributed by atoms with van der Waals surface area (Å²) in [6.45, 7) is 0.561. The van der Waals surface area contributed by atoms with Gasteiger partial charge in [0.2, 0.25) is 0 Å². The molecule has 1 aliphatic rings. The molecule has 0 radical (unpaired) electrons. The van der Waals surface area contributed by atoms with Crippen molar-refractivity contribution in [2.24, 2.45) is 0 Å². The smallest absolute Gasteiger partial charge is 0.119 e. The number of hydrogen-bond donors (Lipinski definition) is 1. The standard InChI is InChI=1S/C16H17ClN2O2/c1-21-13-4-2-3-11(7-13)16-8-12(20)10-19(16)15-5-6-18-9-14(15)17/h2-7,9,12,16,20H,8,10H2,1H3. The van der Waals surface area contributed by atoms with Gasteiger partial charge in [0.15, 0.2) is 0 Å². The fourth-order valence-electron chi connectivity index (χ4n) is 2.85. The van der Waals surface area contributed by atoms with Crippen LogP contribution >= 0.6 is 11.6 Å². The van der Waals surface area contributed by atoms with Crippen molar-refractivity contribution in [1.29, 1.82) is 0 Å². The predicted molar refractivity (Wildman–Crippen MR) is 83.0 cm³/mol. The van der Waals surface area contributed by atoms with Crippen molar-refractivity contribution in [3.8, 4) is 5.75 Å². The average Bonchev–Trinajstić information content (AvgIpc) is 2.89. The van der Waals surface area contributed by atoms with E-state index in [-0.39, 0.29) is 12.1 Å². The number of pyridine rings is 1. The van der Waals surface area contributed by atoms with Gasteiger partial charge in [-0.05, 0) is 30.2 Å². The highest BCUT2D eigenvalue weighted by Crippen LogP contribution is 2.39. The summed E-state index contributed by atoms with van der Waals surface area (Å²) in [7, 11) is 1.65. The quantitative estimate of drug-likeness (QED) is 0.946. The number of methoxy groups -OCH3 is 1. The summed E-state index contributed by atoms with van der Waals surface area (Å²) < 4.78 is 5.29. The largest absolute Gasteiger partial charge is 0.497 e. The molecule has 2 aromatic rings. The first-order valence-electron chi connectivity index (χ1n) is 6.87. The second-order valence-corrected chi connectivity index (χ2v) is 5.57. The lowest BCUT2D eigenvalue weighted by Crippen LogP contribution is -2.24. The predicted octanol–water partition coefficient (Wildman–Crippen LogP) is 3.06. The number of β-amino-alcohol motifs (C(OH)–C–C–N with tert-alkyl or cyclic N) is 1. The number of aromatic nitrogens is 1. The maximum atomic E-state index is 10.1. The highest BCUT2D eigenvalue weighted by atomic mass is 35.5. The molecule has 110 valence electrons. The van der Waals surface area contributed by atoms with Gasteiger partial charge >= 0.3 is 0 Å². The number of ether oxygens (including phenoxy) is 1. The molecule has 21 heavy (non-hydrogen) atoms. The number of rotatable bonds is 3. The van der Waals surface area contributed by atoms with Crippen LogP contribution in [-0.2, 0) is 0 Å². The monoisotopic (exact) mass is 304 g/mol. The van der Waals surface area contributed by atoms with Crippen molar-refractivity contribution < 1.29 is 9.84 Å². The molecule has 0 aliphatic carbocycles. The van der Waals surface area contributed by atoms with E-state index in [2.05, 4.69) is 9.88 Å². The lowest BCUT2D eigenvalue weighted by Gasteiger charge is -2.27. The Morgan fingerprint density at radius 2 is 2.24 bits per heavy atom. The summed E-state index contributed by atoms with van der Waals surface area (Å²) in [5.74, 6) is 0.815. The number of halogens is 1. The van der Waals surface area contributed by atoms with E-state index in [1.54, 1.807) is 19.5 Å². The van der Waals surface area contributed by atoms with Crippen molar-refractivity contribution in [2.45, 2.75) is 18.6 Å². The van der Waals surface area contributed by atoms with Gasteiger partial charge in [0.1, 0.15) is 5.75 Å². The molecule has 1 aromatic heterocycles. The molecule has 2 heterocycles. The summed E-state index contributed by atoms with van der Waals surface area (Å²) in [6.07, 6.45) is 3.65. The van der Waals surface area contributed by atoms with E-state index in [9.17, 15) is 5.11 Å². The molecule has 4 nitrogen and oxygen atoms in total. The Balaban J connectivity index is 1.97. The first-order chi connectivity index (χ1) is 10.2. The molecule has 1 fully saturated rings. The number of aliphatic hydroxyl groups excluding tert-OH is 1. The number of anilines is 1.